The number of Topliss-reactive ketones (excluding diaryl/α,β-unsaturated/α-hetero) is 1. The van der Waals surface area contributed by atoms with Crippen molar-refractivity contribution in [2.75, 3.05) is 11.1 Å². The Morgan fingerprint density at radius 2 is 1.94 bits per heavy atom. The maximum Gasteiger partial charge on any atom is 0.234 e. The highest BCUT2D eigenvalue weighted by Gasteiger charge is 2.31. The van der Waals surface area contributed by atoms with Crippen LogP contribution in [0.1, 0.15) is 54.9 Å². The van der Waals surface area contributed by atoms with Crippen molar-refractivity contribution >= 4 is 60.9 Å². The first-order valence-corrected chi connectivity index (χ1v) is 13.3. The number of aromatic nitrogens is 3. The molecule has 5 rings (SSSR count). The fourth-order valence-corrected chi connectivity index (χ4v) is 6.42. The average Bonchev–Trinajstić information content (AvgIpc) is 3.21. The van der Waals surface area contributed by atoms with Gasteiger partial charge in [-0.15, -0.1) is 11.3 Å². The van der Waals surface area contributed by atoms with Gasteiger partial charge in [0.15, 0.2) is 5.78 Å². The van der Waals surface area contributed by atoms with Crippen molar-refractivity contribution in [3.63, 3.8) is 0 Å². The Bertz CT molecular complexity index is 1460. The van der Waals surface area contributed by atoms with Gasteiger partial charge in [0.1, 0.15) is 16.2 Å². The molecule has 7 nitrogen and oxygen atoms in total. The number of thiophene rings is 1. The van der Waals surface area contributed by atoms with E-state index in [1.807, 2.05) is 0 Å². The molecule has 0 unspecified atom stereocenters. The number of fused-ring (bicyclic) bond motifs is 5. The molecule has 3 aromatic heterocycles. The van der Waals surface area contributed by atoms with Crippen LogP contribution in [0.2, 0.25) is 0 Å². The van der Waals surface area contributed by atoms with Crippen LogP contribution >= 0.6 is 23.1 Å². The zero-order valence-electron chi connectivity index (χ0n) is 20.1. The van der Waals surface area contributed by atoms with Gasteiger partial charge in [0.05, 0.1) is 28.2 Å². The molecule has 0 fully saturated rings. The van der Waals surface area contributed by atoms with Crippen molar-refractivity contribution in [2.45, 2.75) is 57.8 Å². The van der Waals surface area contributed by atoms with E-state index in [9.17, 15) is 9.59 Å². The van der Waals surface area contributed by atoms with Crippen LogP contribution in [0, 0.1) is 0 Å². The van der Waals surface area contributed by atoms with Crippen molar-refractivity contribution in [3.05, 3.63) is 53.0 Å². The summed E-state index contributed by atoms with van der Waals surface area (Å²) in [5, 5.41) is 4.75. The number of anilines is 1. The molecule has 1 aliphatic heterocycles. The maximum atomic E-state index is 12.6. The Balaban J connectivity index is 1.43. The zero-order chi connectivity index (χ0) is 24.7. The molecule has 0 atom stereocenters. The van der Waals surface area contributed by atoms with Gasteiger partial charge in [-0.05, 0) is 57.0 Å². The highest BCUT2D eigenvalue weighted by atomic mass is 32.2. The van der Waals surface area contributed by atoms with Crippen LogP contribution in [-0.2, 0) is 29.0 Å². The number of amides is 1. The fourth-order valence-electron chi connectivity index (χ4n) is 4.37. The summed E-state index contributed by atoms with van der Waals surface area (Å²) in [7, 11) is 0. The summed E-state index contributed by atoms with van der Waals surface area (Å²) in [5.74, 6) is 0.0649. The molecule has 35 heavy (non-hydrogen) atoms. The molecule has 1 aliphatic rings. The van der Waals surface area contributed by atoms with Gasteiger partial charge in [-0.2, -0.15) is 0 Å². The number of hydrogen-bond donors (Lipinski definition) is 1. The molecule has 0 bridgehead atoms. The molecule has 0 spiro atoms. The number of rotatable bonds is 6. The van der Waals surface area contributed by atoms with E-state index in [0.29, 0.717) is 17.9 Å². The number of carbonyl (C=O) groups is 2. The van der Waals surface area contributed by atoms with Gasteiger partial charge >= 0.3 is 0 Å². The van der Waals surface area contributed by atoms with Gasteiger partial charge in [0.2, 0.25) is 5.91 Å². The maximum absolute atomic E-state index is 12.6. The Labute approximate surface area is 211 Å². The number of aryl methyl sites for hydroxylation is 1. The number of carbonyl (C=O) groups excluding carboxylic acids is 2. The molecule has 1 aromatic carbocycles. The Kier molecular flexibility index (Phi) is 6.33. The van der Waals surface area contributed by atoms with E-state index in [4.69, 9.17) is 9.72 Å². The third-order valence-corrected chi connectivity index (χ3v) is 8.33. The Hall–Kier alpha value is -2.88. The van der Waals surface area contributed by atoms with Gasteiger partial charge < -0.3 is 10.1 Å². The van der Waals surface area contributed by atoms with Crippen molar-refractivity contribution in [2.24, 2.45) is 0 Å². The molecule has 0 saturated heterocycles. The van der Waals surface area contributed by atoms with E-state index in [1.54, 1.807) is 41.9 Å². The molecule has 1 amide bonds. The number of thioether (sulfide) groups is 1. The van der Waals surface area contributed by atoms with E-state index in [0.717, 1.165) is 44.0 Å². The smallest absolute Gasteiger partial charge is 0.234 e. The summed E-state index contributed by atoms with van der Waals surface area (Å²) < 4.78 is 7.05. The summed E-state index contributed by atoms with van der Waals surface area (Å²) in [6.07, 6.45) is 3.22. The summed E-state index contributed by atoms with van der Waals surface area (Å²) >= 11 is 2.98. The lowest BCUT2D eigenvalue weighted by Gasteiger charge is -2.33. The number of benzene rings is 1. The van der Waals surface area contributed by atoms with Crippen molar-refractivity contribution in [1.29, 1.82) is 0 Å². The minimum absolute atomic E-state index is 0.00699. The number of pyridine rings is 1. The molecule has 0 radical (unpaired) electrons. The second-order valence-corrected chi connectivity index (χ2v) is 11.2. The number of nitrogens with one attached hydrogen (secondary N) is 1. The van der Waals surface area contributed by atoms with E-state index >= 15 is 0 Å². The first-order chi connectivity index (χ1) is 16.8. The molecule has 0 aliphatic carbocycles. The molecule has 9 heteroatoms. The van der Waals surface area contributed by atoms with Gasteiger partial charge in [-0.25, -0.2) is 15.0 Å². The number of nitrogens with zero attached hydrogens (tertiary/aromatic N) is 3. The topological polar surface area (TPSA) is 94.1 Å². The summed E-state index contributed by atoms with van der Waals surface area (Å²) in [6.45, 7) is 8.43. The van der Waals surface area contributed by atoms with Crippen LogP contribution in [0.3, 0.4) is 0 Å². The van der Waals surface area contributed by atoms with Crippen molar-refractivity contribution < 1.29 is 14.3 Å². The lowest BCUT2D eigenvalue weighted by atomic mass is 9.89. The molecule has 180 valence electrons. The number of ether oxygens (including phenoxy) is 1. The third kappa shape index (κ3) is 4.68. The largest absolute Gasteiger partial charge is 0.370 e. The predicted octanol–water partition coefficient (Wildman–Crippen LogP) is 5.59. The van der Waals surface area contributed by atoms with Gasteiger partial charge in [0.25, 0.3) is 0 Å². The normalized spacial score (nSPS) is 14.7. The quantitative estimate of drug-likeness (QED) is 0.207. The monoisotopic (exact) mass is 506 g/mol. The van der Waals surface area contributed by atoms with Crippen LogP contribution in [0.4, 0.5) is 5.69 Å². The summed E-state index contributed by atoms with van der Waals surface area (Å²) in [5.41, 5.74) is 5.45. The highest BCUT2D eigenvalue weighted by molar-refractivity contribution is 8.00. The second-order valence-electron chi connectivity index (χ2n) is 9.20. The van der Waals surface area contributed by atoms with E-state index in [-0.39, 0.29) is 23.0 Å². The van der Waals surface area contributed by atoms with E-state index in [1.165, 1.54) is 29.8 Å². The van der Waals surface area contributed by atoms with Gasteiger partial charge in [0, 0.05) is 34.3 Å². The third-order valence-electron chi connectivity index (χ3n) is 6.13. The standard InChI is InChI=1S/C26H26N4O3S2/c1-5-19-18-11-33-26(3,4)10-17(18)21-22-23(35-24(21)30-19)25(28-13-27-22)34-12-20(32)29-16-8-6-15(7-9-16)14(2)31/h6-9,13H,5,10-12H2,1-4H3,(H,29,32). The molecular formula is C26H26N4O3S2. The number of ketones is 1. The summed E-state index contributed by atoms with van der Waals surface area (Å²) in [6, 6.07) is 6.89. The molecule has 4 heterocycles. The molecule has 1 N–H and O–H groups in total. The van der Waals surface area contributed by atoms with Crippen LogP contribution in [0.5, 0.6) is 0 Å². The first-order valence-electron chi connectivity index (χ1n) is 11.5. The van der Waals surface area contributed by atoms with Gasteiger partial charge in [-0.1, -0.05) is 18.7 Å². The predicted molar refractivity (Wildman–Crippen MR) is 140 cm³/mol. The van der Waals surface area contributed by atoms with Crippen LogP contribution in [0.15, 0.2) is 35.6 Å². The van der Waals surface area contributed by atoms with Gasteiger partial charge in [-0.3, -0.25) is 9.59 Å². The Morgan fingerprint density at radius 1 is 1.17 bits per heavy atom. The van der Waals surface area contributed by atoms with Crippen LogP contribution < -0.4 is 5.32 Å². The van der Waals surface area contributed by atoms with Crippen LogP contribution in [0.25, 0.3) is 20.4 Å². The van der Waals surface area contributed by atoms with Crippen LogP contribution in [-0.4, -0.2) is 38.0 Å². The minimum Gasteiger partial charge on any atom is -0.370 e. The molecule has 4 aromatic rings. The fraction of sp³-hybridized carbons (Fsp3) is 0.346. The van der Waals surface area contributed by atoms with E-state index < -0.39 is 0 Å². The molecule has 0 saturated carbocycles. The lowest BCUT2D eigenvalue weighted by Crippen LogP contribution is -2.32. The molecular weight excluding hydrogens is 480 g/mol. The lowest BCUT2D eigenvalue weighted by molar-refractivity contribution is -0.113. The van der Waals surface area contributed by atoms with Crippen molar-refractivity contribution in [3.8, 4) is 0 Å². The van der Waals surface area contributed by atoms with E-state index in [2.05, 4.69) is 36.1 Å². The minimum atomic E-state index is -0.244. The Morgan fingerprint density at radius 3 is 2.66 bits per heavy atom. The second kappa shape index (κ2) is 9.29. The summed E-state index contributed by atoms with van der Waals surface area (Å²) in [4.78, 5) is 39.1. The number of hydrogen-bond acceptors (Lipinski definition) is 8. The average molecular weight is 507 g/mol. The first kappa shape index (κ1) is 23.8. The van der Waals surface area contributed by atoms with Crippen molar-refractivity contribution in [1.82, 2.24) is 15.0 Å². The highest BCUT2D eigenvalue weighted by Crippen LogP contribution is 2.42. The SMILES string of the molecule is CCc1nc2sc3c(SCC(=O)Nc4ccc(C(C)=O)cc4)ncnc3c2c2c1COC(C)(C)C2. The zero-order valence-corrected chi connectivity index (χ0v) is 21.7.